The molecule has 0 amide bonds. The Balaban J connectivity index is 1.95. The van der Waals surface area contributed by atoms with Gasteiger partial charge in [-0.1, -0.05) is 42.5 Å². The van der Waals surface area contributed by atoms with Gasteiger partial charge in [-0.25, -0.2) is 9.48 Å². The molecule has 100 valence electrons. The lowest BCUT2D eigenvalue weighted by Crippen LogP contribution is -2.21. The Bertz CT molecular complexity index is 832. The van der Waals surface area contributed by atoms with Gasteiger partial charge in [-0.15, -0.1) is 5.10 Å². The van der Waals surface area contributed by atoms with E-state index in [1.807, 2.05) is 30.3 Å². The fourth-order valence-corrected chi connectivity index (χ4v) is 2.15. The largest absolute Gasteiger partial charge is 0.389 e. The first kappa shape index (κ1) is 12.6. The zero-order chi connectivity index (χ0) is 14.1. The first-order valence-corrected chi connectivity index (χ1v) is 6.49. The van der Waals surface area contributed by atoms with Crippen LogP contribution in [0.3, 0.4) is 0 Å². The summed E-state index contributed by atoms with van der Waals surface area (Å²) in [5.41, 5.74) is 7.81. The van der Waals surface area contributed by atoms with Crippen LogP contribution in [0.2, 0.25) is 0 Å². The fourth-order valence-electron chi connectivity index (χ4n) is 2.02. The molecule has 2 N–H and O–H groups in total. The minimum absolute atomic E-state index is 0.154. The molecule has 0 aliphatic rings. The van der Waals surface area contributed by atoms with Crippen molar-refractivity contribution in [1.29, 1.82) is 0 Å². The lowest BCUT2D eigenvalue weighted by Gasteiger charge is -2.02. The molecule has 0 unspecified atom stereocenters. The molecule has 0 fully saturated rings. The molecule has 0 aliphatic carbocycles. The molecular formula is C14H12N4OS. The predicted molar refractivity (Wildman–Crippen MR) is 80.9 cm³/mol. The van der Waals surface area contributed by atoms with Gasteiger partial charge in [-0.3, -0.25) is 4.40 Å². The van der Waals surface area contributed by atoms with Crippen LogP contribution in [0.5, 0.6) is 0 Å². The van der Waals surface area contributed by atoms with Gasteiger partial charge in [0.2, 0.25) is 0 Å². The summed E-state index contributed by atoms with van der Waals surface area (Å²) < 4.78 is 2.95. The summed E-state index contributed by atoms with van der Waals surface area (Å²) in [5.74, 6) is 0. The lowest BCUT2D eigenvalue weighted by atomic mass is 10.1. The van der Waals surface area contributed by atoms with Crippen molar-refractivity contribution in [2.24, 2.45) is 5.73 Å². The number of thiocarbonyl (C=S) groups is 1. The molecule has 6 heteroatoms. The molecule has 0 saturated carbocycles. The van der Waals surface area contributed by atoms with Gasteiger partial charge in [0.1, 0.15) is 4.99 Å². The van der Waals surface area contributed by atoms with Crippen LogP contribution in [0, 0.1) is 0 Å². The van der Waals surface area contributed by atoms with Crippen LogP contribution in [-0.4, -0.2) is 19.2 Å². The van der Waals surface area contributed by atoms with Gasteiger partial charge in [-0.2, -0.15) is 0 Å². The standard InChI is InChI=1S/C14H12N4OS/c15-13(20)11-6-4-10(5-7-11)9-18-14(19)17-8-2-1-3-12(17)16-18/h1-8H,9H2,(H2,15,20). The van der Waals surface area contributed by atoms with Crippen LogP contribution in [0.15, 0.2) is 53.5 Å². The molecule has 1 aromatic carbocycles. The topological polar surface area (TPSA) is 65.3 Å². The summed E-state index contributed by atoms with van der Waals surface area (Å²) in [6.45, 7) is 0.415. The van der Waals surface area contributed by atoms with Gasteiger partial charge in [-0.05, 0) is 17.7 Å². The number of benzene rings is 1. The monoisotopic (exact) mass is 284 g/mol. The Labute approximate surface area is 120 Å². The maximum absolute atomic E-state index is 12.1. The second-order valence-corrected chi connectivity index (χ2v) is 4.87. The Morgan fingerprint density at radius 3 is 2.60 bits per heavy atom. The predicted octanol–water partition coefficient (Wildman–Crippen LogP) is 1.18. The van der Waals surface area contributed by atoms with Gasteiger partial charge in [0.05, 0.1) is 6.54 Å². The second-order valence-electron chi connectivity index (χ2n) is 4.43. The third kappa shape index (κ3) is 2.21. The molecule has 3 aromatic rings. The van der Waals surface area contributed by atoms with Crippen molar-refractivity contribution in [1.82, 2.24) is 14.2 Å². The first-order valence-electron chi connectivity index (χ1n) is 6.08. The van der Waals surface area contributed by atoms with E-state index in [0.29, 0.717) is 17.2 Å². The fraction of sp³-hybridized carbons (Fsp3) is 0.0714. The van der Waals surface area contributed by atoms with Crippen molar-refractivity contribution < 1.29 is 0 Å². The highest BCUT2D eigenvalue weighted by atomic mass is 32.1. The zero-order valence-corrected chi connectivity index (χ0v) is 11.4. The highest BCUT2D eigenvalue weighted by Gasteiger charge is 2.06. The number of hydrogen-bond acceptors (Lipinski definition) is 3. The third-order valence-electron chi connectivity index (χ3n) is 3.06. The van der Waals surface area contributed by atoms with Gasteiger partial charge in [0.25, 0.3) is 0 Å². The van der Waals surface area contributed by atoms with Crippen LogP contribution in [0.25, 0.3) is 5.65 Å². The highest BCUT2D eigenvalue weighted by Crippen LogP contribution is 2.06. The average Bonchev–Trinajstić information content (AvgIpc) is 2.77. The quantitative estimate of drug-likeness (QED) is 0.733. The number of nitrogens with two attached hydrogens (primary N) is 1. The molecule has 0 radical (unpaired) electrons. The molecule has 3 rings (SSSR count). The van der Waals surface area contributed by atoms with Crippen LogP contribution >= 0.6 is 12.2 Å². The molecule has 0 bridgehead atoms. The molecular weight excluding hydrogens is 272 g/mol. The van der Waals surface area contributed by atoms with E-state index in [4.69, 9.17) is 18.0 Å². The molecule has 0 saturated heterocycles. The normalized spacial score (nSPS) is 10.8. The lowest BCUT2D eigenvalue weighted by molar-refractivity contribution is 0.659. The first-order chi connectivity index (χ1) is 9.65. The van der Waals surface area contributed by atoms with Gasteiger partial charge < -0.3 is 5.73 Å². The van der Waals surface area contributed by atoms with E-state index in [1.165, 1.54) is 9.08 Å². The van der Waals surface area contributed by atoms with E-state index in [2.05, 4.69) is 5.10 Å². The Hall–Kier alpha value is -2.47. The van der Waals surface area contributed by atoms with Crippen molar-refractivity contribution in [3.8, 4) is 0 Å². The summed E-state index contributed by atoms with van der Waals surface area (Å²) in [7, 11) is 0. The van der Waals surface area contributed by atoms with Gasteiger partial charge in [0, 0.05) is 11.8 Å². The van der Waals surface area contributed by atoms with Crippen LogP contribution < -0.4 is 11.4 Å². The van der Waals surface area contributed by atoms with Gasteiger partial charge >= 0.3 is 5.69 Å². The number of rotatable bonds is 3. The molecule has 20 heavy (non-hydrogen) atoms. The van der Waals surface area contributed by atoms with Crippen LogP contribution in [0.1, 0.15) is 11.1 Å². The van der Waals surface area contributed by atoms with E-state index in [-0.39, 0.29) is 5.69 Å². The Morgan fingerprint density at radius 1 is 1.20 bits per heavy atom. The number of aromatic nitrogens is 3. The van der Waals surface area contributed by atoms with Crippen molar-refractivity contribution in [2.45, 2.75) is 6.54 Å². The molecule has 0 atom stereocenters. The minimum atomic E-state index is -0.154. The summed E-state index contributed by atoms with van der Waals surface area (Å²) in [6.07, 6.45) is 1.71. The van der Waals surface area contributed by atoms with E-state index in [9.17, 15) is 4.79 Å². The Morgan fingerprint density at radius 2 is 1.95 bits per heavy atom. The van der Waals surface area contributed by atoms with E-state index in [1.54, 1.807) is 18.3 Å². The molecule has 2 heterocycles. The average molecular weight is 284 g/mol. The van der Waals surface area contributed by atoms with Crippen molar-refractivity contribution in [3.05, 3.63) is 70.3 Å². The van der Waals surface area contributed by atoms with Crippen molar-refractivity contribution in [2.75, 3.05) is 0 Å². The van der Waals surface area contributed by atoms with Crippen molar-refractivity contribution in [3.63, 3.8) is 0 Å². The zero-order valence-electron chi connectivity index (χ0n) is 10.6. The highest BCUT2D eigenvalue weighted by molar-refractivity contribution is 7.80. The summed E-state index contributed by atoms with van der Waals surface area (Å²) >= 11 is 4.91. The van der Waals surface area contributed by atoms with Gasteiger partial charge in [0.15, 0.2) is 5.65 Å². The molecule has 5 nitrogen and oxygen atoms in total. The SMILES string of the molecule is NC(=S)c1ccc(Cn2nc3ccccn3c2=O)cc1. The molecule has 0 spiro atoms. The summed E-state index contributed by atoms with van der Waals surface area (Å²) in [4.78, 5) is 12.5. The maximum atomic E-state index is 12.1. The molecule has 0 aliphatic heterocycles. The molecule has 2 aromatic heterocycles. The van der Waals surface area contributed by atoms with E-state index < -0.39 is 0 Å². The van der Waals surface area contributed by atoms with Crippen LogP contribution in [0.4, 0.5) is 0 Å². The number of nitrogens with zero attached hydrogens (tertiary/aromatic N) is 3. The maximum Gasteiger partial charge on any atom is 0.350 e. The third-order valence-corrected chi connectivity index (χ3v) is 3.29. The van der Waals surface area contributed by atoms with E-state index >= 15 is 0 Å². The Kier molecular flexibility index (Phi) is 3.08. The number of pyridine rings is 1. The minimum Gasteiger partial charge on any atom is -0.389 e. The summed E-state index contributed by atoms with van der Waals surface area (Å²) in [6, 6.07) is 12.9. The number of fused-ring (bicyclic) bond motifs is 1. The van der Waals surface area contributed by atoms with E-state index in [0.717, 1.165) is 11.1 Å². The summed E-state index contributed by atoms with van der Waals surface area (Å²) in [5, 5.41) is 4.28. The smallest absolute Gasteiger partial charge is 0.350 e. The number of hydrogen-bond donors (Lipinski definition) is 1. The second kappa shape index (κ2) is 4.90. The van der Waals surface area contributed by atoms with Crippen LogP contribution in [-0.2, 0) is 6.54 Å². The van der Waals surface area contributed by atoms with Crippen molar-refractivity contribution >= 4 is 22.9 Å².